The summed E-state index contributed by atoms with van der Waals surface area (Å²) in [5.74, 6) is -0.0479. The van der Waals surface area contributed by atoms with Gasteiger partial charge in [-0.25, -0.2) is 4.98 Å². The predicted octanol–water partition coefficient (Wildman–Crippen LogP) is 1.32. The van der Waals surface area contributed by atoms with Crippen molar-refractivity contribution in [2.24, 2.45) is 5.73 Å². The highest BCUT2D eigenvalue weighted by molar-refractivity contribution is 5.67. The number of aliphatic carboxylic acids is 1. The molecule has 0 aliphatic heterocycles. The number of imidazole rings is 1. The van der Waals surface area contributed by atoms with Crippen LogP contribution >= 0.6 is 0 Å². The van der Waals surface area contributed by atoms with Crippen LogP contribution in [0.25, 0.3) is 0 Å². The molecule has 1 aromatic rings. The zero-order valence-corrected chi connectivity index (χ0v) is 9.24. The molecule has 0 radical (unpaired) electrons. The summed E-state index contributed by atoms with van der Waals surface area (Å²) in [6.45, 7) is 5.99. The first kappa shape index (κ1) is 11.7. The maximum Gasteiger partial charge on any atom is 0.305 e. The molecule has 4 N–H and O–H groups in total. The highest BCUT2D eigenvalue weighted by atomic mass is 16.4. The first-order valence-electron chi connectivity index (χ1n) is 4.95. The Hall–Kier alpha value is -1.36. The molecule has 0 spiro atoms. The summed E-state index contributed by atoms with van der Waals surface area (Å²) in [7, 11) is 0. The van der Waals surface area contributed by atoms with E-state index >= 15 is 0 Å². The zero-order chi connectivity index (χ0) is 11.6. The molecule has 0 aliphatic rings. The van der Waals surface area contributed by atoms with Crippen molar-refractivity contribution in [2.45, 2.75) is 39.2 Å². The van der Waals surface area contributed by atoms with Gasteiger partial charge in [0.15, 0.2) is 0 Å². The number of rotatable bonds is 4. The van der Waals surface area contributed by atoms with Crippen LogP contribution in [0.5, 0.6) is 0 Å². The van der Waals surface area contributed by atoms with Crippen molar-refractivity contribution in [1.82, 2.24) is 9.97 Å². The van der Waals surface area contributed by atoms with Crippen LogP contribution in [-0.2, 0) is 4.79 Å². The first-order valence-corrected chi connectivity index (χ1v) is 4.95. The Morgan fingerprint density at radius 2 is 2.20 bits per heavy atom. The second-order valence-corrected chi connectivity index (χ2v) is 3.99. The topological polar surface area (TPSA) is 92.0 Å². The summed E-state index contributed by atoms with van der Waals surface area (Å²) in [6.07, 6.45) is -0.107. The van der Waals surface area contributed by atoms with Crippen molar-refractivity contribution in [2.75, 3.05) is 0 Å². The van der Waals surface area contributed by atoms with E-state index in [0.717, 1.165) is 11.4 Å². The number of aryl methyl sites for hydroxylation is 1. The Balaban J connectivity index is 2.87. The van der Waals surface area contributed by atoms with E-state index in [4.69, 9.17) is 10.8 Å². The van der Waals surface area contributed by atoms with E-state index in [-0.39, 0.29) is 6.42 Å². The smallest absolute Gasteiger partial charge is 0.305 e. The van der Waals surface area contributed by atoms with Crippen LogP contribution < -0.4 is 5.73 Å². The lowest BCUT2D eigenvalue weighted by molar-refractivity contribution is -0.137. The summed E-state index contributed by atoms with van der Waals surface area (Å²) in [5, 5.41) is 8.61. The van der Waals surface area contributed by atoms with Gasteiger partial charge in [-0.3, -0.25) is 4.79 Å². The fraction of sp³-hybridized carbons (Fsp3) is 0.600. The van der Waals surface area contributed by atoms with Gasteiger partial charge in [0.1, 0.15) is 5.82 Å². The number of nitrogens with two attached hydrogens (primary N) is 1. The highest BCUT2D eigenvalue weighted by Gasteiger charge is 2.17. The molecule has 0 amide bonds. The average Bonchev–Trinajstić information content (AvgIpc) is 2.46. The summed E-state index contributed by atoms with van der Waals surface area (Å²) in [5.41, 5.74) is 7.61. The molecule has 5 heteroatoms. The average molecular weight is 211 g/mol. The number of hydrogen-bond acceptors (Lipinski definition) is 3. The molecule has 84 valence electrons. The Kier molecular flexibility index (Phi) is 3.47. The number of H-pyrrole nitrogens is 1. The monoisotopic (exact) mass is 211 g/mol. The Morgan fingerprint density at radius 1 is 1.60 bits per heavy atom. The standard InChI is InChI=1S/C10H17N3O2/c1-5(2)9-6(3)12-10(13-9)7(11)4-8(14)15/h5,7H,4,11H2,1-3H3,(H,12,13)(H,14,15). The number of aromatic nitrogens is 2. The lowest BCUT2D eigenvalue weighted by Crippen LogP contribution is -2.16. The molecule has 0 aliphatic carbocycles. The van der Waals surface area contributed by atoms with Gasteiger partial charge in [0.2, 0.25) is 0 Å². The predicted molar refractivity (Wildman–Crippen MR) is 56.6 cm³/mol. The Bertz CT molecular complexity index is 358. The molecule has 1 aromatic heterocycles. The van der Waals surface area contributed by atoms with E-state index in [2.05, 4.69) is 9.97 Å². The van der Waals surface area contributed by atoms with Crippen LogP contribution in [0.2, 0.25) is 0 Å². The second-order valence-electron chi connectivity index (χ2n) is 3.99. The molecule has 1 unspecified atom stereocenters. The van der Waals surface area contributed by atoms with Crippen LogP contribution in [-0.4, -0.2) is 21.0 Å². The maximum atomic E-state index is 10.5. The van der Waals surface area contributed by atoms with Gasteiger partial charge in [-0.05, 0) is 12.8 Å². The quantitative estimate of drug-likeness (QED) is 0.700. The minimum atomic E-state index is -0.914. The van der Waals surface area contributed by atoms with Crippen LogP contribution in [0.4, 0.5) is 0 Å². The summed E-state index contributed by atoms with van der Waals surface area (Å²) >= 11 is 0. The number of aromatic amines is 1. The number of carbonyl (C=O) groups is 1. The van der Waals surface area contributed by atoms with Gasteiger partial charge in [-0.15, -0.1) is 0 Å². The zero-order valence-electron chi connectivity index (χ0n) is 9.24. The van der Waals surface area contributed by atoms with Gasteiger partial charge in [-0.1, -0.05) is 13.8 Å². The Labute approximate surface area is 88.7 Å². The first-order chi connectivity index (χ1) is 6.91. The van der Waals surface area contributed by atoms with Gasteiger partial charge in [0, 0.05) is 5.69 Å². The number of carboxylic acids is 1. The maximum absolute atomic E-state index is 10.5. The normalized spacial score (nSPS) is 13.1. The summed E-state index contributed by atoms with van der Waals surface area (Å²) in [6, 6.07) is -0.561. The fourth-order valence-corrected chi connectivity index (χ4v) is 1.52. The van der Waals surface area contributed by atoms with Crippen molar-refractivity contribution < 1.29 is 9.90 Å². The Morgan fingerprint density at radius 3 is 2.60 bits per heavy atom. The molecular weight excluding hydrogens is 194 g/mol. The number of carboxylic acid groups (broad SMARTS) is 1. The van der Waals surface area contributed by atoms with Crippen molar-refractivity contribution in [3.8, 4) is 0 Å². The van der Waals surface area contributed by atoms with E-state index < -0.39 is 12.0 Å². The third kappa shape index (κ3) is 2.79. The van der Waals surface area contributed by atoms with Gasteiger partial charge >= 0.3 is 5.97 Å². The van der Waals surface area contributed by atoms with Crippen LogP contribution in [0.1, 0.15) is 49.4 Å². The van der Waals surface area contributed by atoms with Crippen molar-refractivity contribution in [3.05, 3.63) is 17.2 Å². The van der Waals surface area contributed by atoms with E-state index in [1.165, 1.54) is 0 Å². The SMILES string of the molecule is Cc1[nH]c(C(N)CC(=O)O)nc1C(C)C. The van der Waals surface area contributed by atoms with Gasteiger partial charge in [-0.2, -0.15) is 0 Å². The van der Waals surface area contributed by atoms with Crippen molar-refractivity contribution in [1.29, 1.82) is 0 Å². The highest BCUT2D eigenvalue weighted by Crippen LogP contribution is 2.19. The van der Waals surface area contributed by atoms with Crippen LogP contribution in [0.15, 0.2) is 0 Å². The number of nitrogens with zero attached hydrogens (tertiary/aromatic N) is 1. The molecule has 0 saturated heterocycles. The lowest BCUT2D eigenvalue weighted by atomic mass is 10.1. The van der Waals surface area contributed by atoms with E-state index in [0.29, 0.717) is 11.7 Å². The number of hydrogen-bond donors (Lipinski definition) is 3. The minimum absolute atomic E-state index is 0.107. The van der Waals surface area contributed by atoms with Crippen molar-refractivity contribution >= 4 is 5.97 Å². The molecule has 5 nitrogen and oxygen atoms in total. The molecule has 0 bridgehead atoms. The van der Waals surface area contributed by atoms with Gasteiger partial charge in [0.05, 0.1) is 18.2 Å². The molecule has 0 fully saturated rings. The van der Waals surface area contributed by atoms with Crippen LogP contribution in [0.3, 0.4) is 0 Å². The second kappa shape index (κ2) is 4.44. The van der Waals surface area contributed by atoms with Gasteiger partial charge in [0.25, 0.3) is 0 Å². The van der Waals surface area contributed by atoms with Gasteiger partial charge < -0.3 is 15.8 Å². The minimum Gasteiger partial charge on any atom is -0.481 e. The summed E-state index contributed by atoms with van der Waals surface area (Å²) < 4.78 is 0. The number of nitrogens with one attached hydrogen (secondary N) is 1. The molecule has 0 aromatic carbocycles. The molecule has 0 saturated carbocycles. The third-order valence-corrected chi connectivity index (χ3v) is 2.23. The van der Waals surface area contributed by atoms with Crippen LogP contribution in [0, 0.1) is 6.92 Å². The molecule has 15 heavy (non-hydrogen) atoms. The largest absolute Gasteiger partial charge is 0.481 e. The van der Waals surface area contributed by atoms with E-state index in [9.17, 15) is 4.79 Å². The molecule has 1 rings (SSSR count). The fourth-order valence-electron chi connectivity index (χ4n) is 1.52. The van der Waals surface area contributed by atoms with Crippen molar-refractivity contribution in [3.63, 3.8) is 0 Å². The lowest BCUT2D eigenvalue weighted by Gasteiger charge is -2.04. The summed E-state index contributed by atoms with van der Waals surface area (Å²) in [4.78, 5) is 17.8. The van der Waals surface area contributed by atoms with E-state index in [1.54, 1.807) is 0 Å². The molecular formula is C10H17N3O2. The molecule has 1 heterocycles. The third-order valence-electron chi connectivity index (χ3n) is 2.23. The molecule has 1 atom stereocenters. The van der Waals surface area contributed by atoms with E-state index in [1.807, 2.05) is 20.8 Å².